The first-order chi connectivity index (χ1) is 14.7. The maximum atomic E-state index is 13.0. The molecular formula is C23H20Cl2N2O3S. The number of aryl methyl sites for hydroxylation is 2. The van der Waals surface area contributed by atoms with Crippen LogP contribution in [0.3, 0.4) is 0 Å². The number of anilines is 2. The Morgan fingerprint density at radius 2 is 1.68 bits per heavy atom. The summed E-state index contributed by atoms with van der Waals surface area (Å²) in [5, 5.41) is 1.01. The second-order valence-corrected chi connectivity index (χ2v) is 9.98. The number of nitrogens with zero attached hydrogens (tertiary/aromatic N) is 1. The first-order valence-electron chi connectivity index (χ1n) is 9.74. The van der Waals surface area contributed by atoms with Gasteiger partial charge in [0.05, 0.1) is 10.6 Å². The van der Waals surface area contributed by atoms with E-state index in [0.717, 1.165) is 23.2 Å². The summed E-state index contributed by atoms with van der Waals surface area (Å²) in [5.41, 5.74) is 3.28. The van der Waals surface area contributed by atoms with Crippen molar-refractivity contribution in [2.24, 2.45) is 0 Å². The van der Waals surface area contributed by atoms with Crippen LogP contribution in [-0.2, 0) is 16.4 Å². The lowest BCUT2D eigenvalue weighted by atomic mass is 10.0. The zero-order valence-electron chi connectivity index (χ0n) is 16.7. The van der Waals surface area contributed by atoms with Crippen molar-refractivity contribution in [3.05, 3.63) is 87.4 Å². The van der Waals surface area contributed by atoms with Crippen LogP contribution in [0.25, 0.3) is 0 Å². The van der Waals surface area contributed by atoms with Gasteiger partial charge in [0, 0.05) is 27.8 Å². The van der Waals surface area contributed by atoms with Crippen molar-refractivity contribution in [1.29, 1.82) is 0 Å². The van der Waals surface area contributed by atoms with Gasteiger partial charge in [-0.2, -0.15) is 0 Å². The number of carbonyl (C=O) groups excluding carboxylic acids is 1. The van der Waals surface area contributed by atoms with E-state index in [4.69, 9.17) is 23.2 Å². The largest absolute Gasteiger partial charge is 0.308 e. The highest BCUT2D eigenvalue weighted by molar-refractivity contribution is 7.92. The molecule has 31 heavy (non-hydrogen) atoms. The minimum Gasteiger partial charge on any atom is -0.308 e. The number of amides is 1. The Bertz CT molecular complexity index is 1260. The minimum absolute atomic E-state index is 0.138. The number of nitrogens with one attached hydrogen (secondary N) is 1. The number of hydrogen-bond acceptors (Lipinski definition) is 3. The Labute approximate surface area is 191 Å². The smallest absolute Gasteiger partial charge is 0.261 e. The van der Waals surface area contributed by atoms with Crippen molar-refractivity contribution in [3.8, 4) is 0 Å². The van der Waals surface area contributed by atoms with E-state index in [2.05, 4.69) is 4.72 Å². The van der Waals surface area contributed by atoms with Crippen LogP contribution in [0.4, 0.5) is 11.4 Å². The Kier molecular flexibility index (Phi) is 5.97. The number of benzene rings is 3. The number of carbonyl (C=O) groups is 1. The van der Waals surface area contributed by atoms with Crippen LogP contribution >= 0.6 is 23.2 Å². The molecule has 0 spiro atoms. The van der Waals surface area contributed by atoms with E-state index in [1.807, 2.05) is 0 Å². The van der Waals surface area contributed by atoms with Crippen molar-refractivity contribution >= 4 is 50.5 Å². The van der Waals surface area contributed by atoms with Crippen molar-refractivity contribution in [2.45, 2.75) is 24.7 Å². The highest BCUT2D eigenvalue weighted by Gasteiger charge is 2.26. The lowest BCUT2D eigenvalue weighted by Gasteiger charge is -2.30. The summed E-state index contributed by atoms with van der Waals surface area (Å²) < 4.78 is 28.6. The normalized spacial score (nSPS) is 13.6. The van der Waals surface area contributed by atoms with Crippen molar-refractivity contribution in [3.63, 3.8) is 0 Å². The van der Waals surface area contributed by atoms with Crippen LogP contribution in [0.15, 0.2) is 65.6 Å². The fourth-order valence-corrected chi connectivity index (χ4v) is 5.08. The minimum atomic E-state index is -3.81. The van der Waals surface area contributed by atoms with Crippen LogP contribution in [0.5, 0.6) is 0 Å². The quantitative estimate of drug-likeness (QED) is 0.527. The maximum Gasteiger partial charge on any atom is 0.261 e. The number of halogens is 2. The zero-order valence-corrected chi connectivity index (χ0v) is 19.1. The molecule has 4 rings (SSSR count). The van der Waals surface area contributed by atoms with Crippen LogP contribution in [0.2, 0.25) is 10.0 Å². The first-order valence-corrected chi connectivity index (χ1v) is 12.0. The van der Waals surface area contributed by atoms with E-state index >= 15 is 0 Å². The third-order valence-corrected chi connectivity index (χ3v) is 7.11. The summed E-state index contributed by atoms with van der Waals surface area (Å²) in [6.45, 7) is 2.38. The molecule has 3 aromatic rings. The standard InChI is InChI=1S/C23H20Cl2N2O3S/c1-15-4-7-19(25)14-21(15)26-31(29,30)20-10-11-22-17(13-20)3-2-12-27(22)23(28)16-5-8-18(24)9-6-16/h4-11,13-14,26H,2-3,12H2,1H3. The molecule has 1 N–H and O–H groups in total. The van der Waals surface area contributed by atoms with Gasteiger partial charge in [0.2, 0.25) is 0 Å². The summed E-state index contributed by atoms with van der Waals surface area (Å²) in [5.74, 6) is -0.138. The molecule has 0 unspecified atom stereocenters. The van der Waals surface area contributed by atoms with Gasteiger partial charge in [-0.15, -0.1) is 0 Å². The molecule has 1 heterocycles. The molecular weight excluding hydrogens is 455 g/mol. The Morgan fingerprint density at radius 3 is 2.42 bits per heavy atom. The molecule has 0 aliphatic carbocycles. The molecule has 0 bridgehead atoms. The summed E-state index contributed by atoms with van der Waals surface area (Å²) >= 11 is 11.9. The zero-order chi connectivity index (χ0) is 22.2. The molecule has 0 radical (unpaired) electrons. The van der Waals surface area contributed by atoms with Gasteiger partial charge in [0.1, 0.15) is 0 Å². The fourth-order valence-electron chi connectivity index (χ4n) is 3.61. The molecule has 0 fully saturated rings. The summed E-state index contributed by atoms with van der Waals surface area (Å²) in [6.07, 6.45) is 1.44. The fraction of sp³-hybridized carbons (Fsp3) is 0.174. The van der Waals surface area contributed by atoms with E-state index in [-0.39, 0.29) is 10.8 Å². The number of sulfonamides is 1. The third kappa shape index (κ3) is 4.56. The highest BCUT2D eigenvalue weighted by Crippen LogP contribution is 2.32. The molecule has 1 amide bonds. The summed E-state index contributed by atoms with van der Waals surface area (Å²) in [6, 6.07) is 16.6. The lowest BCUT2D eigenvalue weighted by molar-refractivity contribution is 0.0985. The van der Waals surface area contributed by atoms with Crippen LogP contribution in [-0.4, -0.2) is 20.9 Å². The van der Waals surface area contributed by atoms with Crippen molar-refractivity contribution in [2.75, 3.05) is 16.2 Å². The second kappa shape index (κ2) is 8.54. The predicted molar refractivity (Wildman–Crippen MR) is 125 cm³/mol. The molecule has 1 aliphatic rings. The van der Waals surface area contributed by atoms with Gasteiger partial charge in [-0.1, -0.05) is 29.3 Å². The van der Waals surface area contributed by atoms with Gasteiger partial charge in [-0.05, 0) is 85.5 Å². The van der Waals surface area contributed by atoms with Gasteiger partial charge in [-0.25, -0.2) is 8.42 Å². The van der Waals surface area contributed by atoms with Crippen LogP contribution < -0.4 is 9.62 Å². The monoisotopic (exact) mass is 474 g/mol. The predicted octanol–water partition coefficient (Wildman–Crippen LogP) is 5.70. The Hall–Kier alpha value is -2.54. The summed E-state index contributed by atoms with van der Waals surface area (Å²) in [7, 11) is -3.81. The third-order valence-electron chi connectivity index (χ3n) is 5.26. The molecule has 3 aromatic carbocycles. The van der Waals surface area contributed by atoms with E-state index in [9.17, 15) is 13.2 Å². The van der Waals surface area contributed by atoms with E-state index in [1.165, 1.54) is 6.07 Å². The maximum absolute atomic E-state index is 13.0. The molecule has 160 valence electrons. The molecule has 0 saturated carbocycles. The first kappa shape index (κ1) is 21.7. The van der Waals surface area contributed by atoms with Crippen molar-refractivity contribution < 1.29 is 13.2 Å². The highest BCUT2D eigenvalue weighted by atomic mass is 35.5. The number of hydrogen-bond donors (Lipinski definition) is 1. The summed E-state index contributed by atoms with van der Waals surface area (Å²) in [4.78, 5) is 14.8. The topological polar surface area (TPSA) is 66.5 Å². The second-order valence-electron chi connectivity index (χ2n) is 7.42. The average molecular weight is 475 g/mol. The van der Waals surface area contributed by atoms with Gasteiger partial charge in [-0.3, -0.25) is 9.52 Å². The van der Waals surface area contributed by atoms with E-state index in [0.29, 0.717) is 34.3 Å². The van der Waals surface area contributed by atoms with Crippen LogP contribution in [0, 0.1) is 6.92 Å². The number of fused-ring (bicyclic) bond motifs is 1. The molecule has 0 saturated heterocycles. The van der Waals surface area contributed by atoms with Crippen LogP contribution in [0.1, 0.15) is 27.9 Å². The Balaban J connectivity index is 1.64. The SMILES string of the molecule is Cc1ccc(Cl)cc1NS(=O)(=O)c1ccc2c(c1)CCCN2C(=O)c1ccc(Cl)cc1. The average Bonchev–Trinajstić information content (AvgIpc) is 2.75. The molecule has 5 nitrogen and oxygen atoms in total. The Morgan fingerprint density at radius 1 is 0.968 bits per heavy atom. The molecule has 0 atom stereocenters. The molecule has 0 aromatic heterocycles. The van der Waals surface area contributed by atoms with Gasteiger partial charge in [0.15, 0.2) is 0 Å². The lowest BCUT2D eigenvalue weighted by Crippen LogP contribution is -2.35. The number of rotatable bonds is 4. The van der Waals surface area contributed by atoms with E-state index < -0.39 is 10.0 Å². The van der Waals surface area contributed by atoms with Gasteiger partial charge in [0.25, 0.3) is 15.9 Å². The molecule has 1 aliphatic heterocycles. The molecule has 8 heteroatoms. The van der Waals surface area contributed by atoms with Gasteiger partial charge >= 0.3 is 0 Å². The van der Waals surface area contributed by atoms with E-state index in [1.54, 1.807) is 66.4 Å². The van der Waals surface area contributed by atoms with Gasteiger partial charge < -0.3 is 4.90 Å². The van der Waals surface area contributed by atoms with Crippen molar-refractivity contribution in [1.82, 2.24) is 0 Å².